The Kier molecular flexibility index (Phi) is 3.87. The molecule has 0 aromatic carbocycles. The summed E-state index contributed by atoms with van der Waals surface area (Å²) in [7, 11) is 0. The number of hydrogen-bond acceptors (Lipinski definition) is 6. The van der Waals surface area contributed by atoms with Crippen LogP contribution in [0.25, 0.3) is 0 Å². The molecular weight excluding hydrogens is 339 g/mol. The van der Waals surface area contributed by atoms with Gasteiger partial charge in [-0.25, -0.2) is 18.9 Å². The minimum atomic E-state index is -6.23. The van der Waals surface area contributed by atoms with E-state index >= 15 is 0 Å². The molecule has 0 bridgehead atoms. The average Bonchev–Trinajstić information content (AvgIpc) is 2.25. The zero-order valence-electron chi connectivity index (χ0n) is 8.85. The van der Waals surface area contributed by atoms with Crippen molar-refractivity contribution in [1.29, 1.82) is 0 Å². The molecule has 21 heavy (non-hydrogen) atoms. The van der Waals surface area contributed by atoms with Crippen molar-refractivity contribution in [2.45, 2.75) is 30.8 Å². The van der Waals surface area contributed by atoms with Crippen LogP contribution in [0.3, 0.4) is 0 Å². The Balaban J connectivity index is 3.19. The van der Waals surface area contributed by atoms with E-state index in [2.05, 4.69) is 18.9 Å². The van der Waals surface area contributed by atoms with Crippen LogP contribution in [0.2, 0.25) is 0 Å². The van der Waals surface area contributed by atoms with E-state index in [-0.39, 0.29) is 0 Å². The summed E-state index contributed by atoms with van der Waals surface area (Å²) in [4.78, 5) is 9.79. The minimum absolute atomic E-state index is 2.12. The molecule has 2 atom stereocenters. The molecule has 0 aromatic rings. The summed E-state index contributed by atoms with van der Waals surface area (Å²) in [5, 5.41) is 9.79. The van der Waals surface area contributed by atoms with Gasteiger partial charge < -0.3 is 9.90 Å². The van der Waals surface area contributed by atoms with Crippen LogP contribution in [0.15, 0.2) is 0 Å². The number of rotatable bonds is 4. The van der Waals surface area contributed by atoms with E-state index in [1.54, 1.807) is 0 Å². The maximum Gasteiger partial charge on any atom is 0.527 e. The summed E-state index contributed by atoms with van der Waals surface area (Å²) in [5.74, 6) is -3.60. The Bertz CT molecular complexity index is 437. The predicted octanol–water partition coefficient (Wildman–Crippen LogP) is 0.726. The lowest BCUT2D eigenvalue weighted by Gasteiger charge is -2.31. The number of aliphatic carboxylic acids is 1. The van der Waals surface area contributed by atoms with Crippen LogP contribution in [0.1, 0.15) is 0 Å². The number of carbonyl (C=O) groups excluding carboxylic acids is 1. The standard InChI is InChI=1S/C6HF9O6/c7-2(8,1(16)17)18-3(9)4(10,19-5(11,12)13)21-6(14,15)20-3/h(H,16,17)/p-1. The van der Waals surface area contributed by atoms with Gasteiger partial charge >= 0.3 is 30.8 Å². The Morgan fingerprint density at radius 3 is 1.62 bits per heavy atom. The van der Waals surface area contributed by atoms with Crippen molar-refractivity contribution in [3.63, 3.8) is 0 Å². The lowest BCUT2D eigenvalue weighted by Crippen LogP contribution is -2.57. The monoisotopic (exact) mass is 339 g/mol. The third-order valence-electron chi connectivity index (χ3n) is 1.60. The molecule has 0 saturated carbocycles. The summed E-state index contributed by atoms with van der Waals surface area (Å²) in [6.45, 7) is 0. The van der Waals surface area contributed by atoms with Gasteiger partial charge in [-0.3, -0.25) is 0 Å². The number of halogens is 9. The molecule has 0 spiro atoms. The third-order valence-corrected chi connectivity index (χ3v) is 1.60. The van der Waals surface area contributed by atoms with Crippen LogP contribution in [0, 0.1) is 0 Å². The summed E-state index contributed by atoms with van der Waals surface area (Å²) >= 11 is 0. The molecule has 6 nitrogen and oxygen atoms in total. The van der Waals surface area contributed by atoms with E-state index in [4.69, 9.17) is 0 Å². The molecular formula is C6F9O6-. The minimum Gasteiger partial charge on any atom is -0.542 e. The summed E-state index contributed by atoms with van der Waals surface area (Å²) in [6.07, 6.45) is -17.7. The topological polar surface area (TPSA) is 77.1 Å². The number of alkyl halides is 9. The highest BCUT2D eigenvalue weighted by Gasteiger charge is 2.79. The SMILES string of the molecule is O=C([O-])C(F)(F)OC1(F)OC(F)(F)OC1(F)OC(F)(F)F. The van der Waals surface area contributed by atoms with E-state index in [0.29, 0.717) is 0 Å². The molecule has 1 aliphatic rings. The van der Waals surface area contributed by atoms with Crippen molar-refractivity contribution in [2.24, 2.45) is 0 Å². The fourth-order valence-electron chi connectivity index (χ4n) is 0.967. The van der Waals surface area contributed by atoms with Crippen LogP contribution < -0.4 is 5.11 Å². The first kappa shape index (κ1) is 17.7. The van der Waals surface area contributed by atoms with E-state index in [1.807, 2.05) is 0 Å². The van der Waals surface area contributed by atoms with Gasteiger partial charge in [-0.1, -0.05) is 0 Å². The van der Waals surface area contributed by atoms with Gasteiger partial charge in [0.2, 0.25) is 0 Å². The first-order valence-corrected chi connectivity index (χ1v) is 4.24. The molecule has 15 heteroatoms. The number of carboxylic acids is 1. The van der Waals surface area contributed by atoms with Crippen molar-refractivity contribution >= 4 is 5.97 Å². The predicted molar refractivity (Wildman–Crippen MR) is 33.0 cm³/mol. The lowest BCUT2D eigenvalue weighted by atomic mass is 10.5. The maximum atomic E-state index is 13.4. The fraction of sp³-hybridized carbons (Fsp3) is 0.833. The summed E-state index contributed by atoms with van der Waals surface area (Å²) in [5.41, 5.74) is 0. The molecule has 0 aromatic heterocycles. The number of carboxylic acid groups (broad SMARTS) is 1. The zero-order chi connectivity index (χ0) is 16.9. The average molecular weight is 339 g/mol. The maximum absolute atomic E-state index is 13.4. The normalized spacial score (nSPS) is 33.2. The van der Waals surface area contributed by atoms with Gasteiger partial charge in [-0.05, 0) is 0 Å². The van der Waals surface area contributed by atoms with Crippen molar-refractivity contribution in [2.75, 3.05) is 0 Å². The second-order valence-electron chi connectivity index (χ2n) is 3.19. The zero-order valence-corrected chi connectivity index (χ0v) is 8.85. The molecule has 1 heterocycles. The molecule has 0 N–H and O–H groups in total. The van der Waals surface area contributed by atoms with Gasteiger partial charge in [0.1, 0.15) is 5.97 Å². The largest absolute Gasteiger partial charge is 0.542 e. The van der Waals surface area contributed by atoms with Crippen LogP contribution in [-0.4, -0.2) is 36.8 Å². The van der Waals surface area contributed by atoms with Gasteiger partial charge in [0.15, 0.2) is 0 Å². The van der Waals surface area contributed by atoms with E-state index in [0.717, 1.165) is 0 Å². The number of carbonyl (C=O) groups is 1. The van der Waals surface area contributed by atoms with Gasteiger partial charge in [-0.2, -0.15) is 17.6 Å². The van der Waals surface area contributed by atoms with E-state index < -0.39 is 36.8 Å². The molecule has 1 rings (SSSR count). The lowest BCUT2D eigenvalue weighted by molar-refractivity contribution is -0.531. The van der Waals surface area contributed by atoms with Gasteiger partial charge in [0.05, 0.1) is 0 Å². The van der Waals surface area contributed by atoms with E-state index in [9.17, 15) is 49.4 Å². The number of hydrogen-bond donors (Lipinski definition) is 0. The number of ether oxygens (including phenoxy) is 4. The molecule has 1 fully saturated rings. The molecule has 0 radical (unpaired) electrons. The van der Waals surface area contributed by atoms with E-state index in [1.165, 1.54) is 0 Å². The Labute approximate surface area is 106 Å². The first-order chi connectivity index (χ1) is 9.02. The fourth-order valence-corrected chi connectivity index (χ4v) is 0.967. The summed E-state index contributed by atoms with van der Waals surface area (Å²) < 4.78 is 121. The Hall–Kier alpha value is -1.32. The second-order valence-corrected chi connectivity index (χ2v) is 3.19. The third kappa shape index (κ3) is 3.66. The van der Waals surface area contributed by atoms with Crippen molar-refractivity contribution < 1.29 is 68.4 Å². The van der Waals surface area contributed by atoms with Crippen molar-refractivity contribution in [3.05, 3.63) is 0 Å². The molecule has 0 amide bonds. The van der Waals surface area contributed by atoms with Crippen LogP contribution in [0.5, 0.6) is 0 Å². The quantitative estimate of drug-likeness (QED) is 0.703. The van der Waals surface area contributed by atoms with Crippen molar-refractivity contribution in [1.82, 2.24) is 0 Å². The second kappa shape index (κ2) is 4.59. The van der Waals surface area contributed by atoms with Crippen molar-refractivity contribution in [3.8, 4) is 0 Å². The van der Waals surface area contributed by atoms with Gasteiger partial charge in [0.25, 0.3) is 0 Å². The Morgan fingerprint density at radius 1 is 0.905 bits per heavy atom. The molecule has 124 valence electrons. The highest BCUT2D eigenvalue weighted by Crippen LogP contribution is 2.52. The molecule has 1 aliphatic heterocycles. The smallest absolute Gasteiger partial charge is 0.527 e. The van der Waals surface area contributed by atoms with Crippen LogP contribution >= 0.6 is 0 Å². The Morgan fingerprint density at radius 2 is 1.29 bits per heavy atom. The van der Waals surface area contributed by atoms with Gasteiger partial charge in [-0.15, -0.1) is 22.0 Å². The molecule has 1 saturated heterocycles. The van der Waals surface area contributed by atoms with Crippen LogP contribution in [-0.2, 0) is 23.7 Å². The highest BCUT2D eigenvalue weighted by atomic mass is 19.4. The van der Waals surface area contributed by atoms with Gasteiger partial charge in [0, 0.05) is 0 Å². The highest BCUT2D eigenvalue weighted by molar-refractivity contribution is 5.71. The van der Waals surface area contributed by atoms with Crippen LogP contribution in [0.4, 0.5) is 39.5 Å². The first-order valence-electron chi connectivity index (χ1n) is 4.24. The summed E-state index contributed by atoms with van der Waals surface area (Å²) in [6, 6.07) is -11.6. The molecule has 2 unspecified atom stereocenters. The molecule has 0 aliphatic carbocycles.